The number of likely N-dealkylation sites (tertiary alicyclic amines) is 1. The van der Waals surface area contributed by atoms with Crippen molar-refractivity contribution in [3.8, 4) is 0 Å². The van der Waals surface area contributed by atoms with Gasteiger partial charge < -0.3 is 10.1 Å². The molecule has 0 bridgehead atoms. The van der Waals surface area contributed by atoms with Gasteiger partial charge in [-0.2, -0.15) is 0 Å². The van der Waals surface area contributed by atoms with Crippen molar-refractivity contribution in [2.45, 2.75) is 96.7 Å². The van der Waals surface area contributed by atoms with Gasteiger partial charge in [-0.25, -0.2) is 4.79 Å². The van der Waals surface area contributed by atoms with E-state index < -0.39 is 23.2 Å². The van der Waals surface area contributed by atoms with Crippen LogP contribution in [0.1, 0.15) is 84.6 Å². The summed E-state index contributed by atoms with van der Waals surface area (Å²) in [5.74, 6) is -0.542. The predicted octanol–water partition coefficient (Wildman–Crippen LogP) is 4.82. The molecule has 2 amide bonds. The number of ketones is 1. The van der Waals surface area contributed by atoms with E-state index in [1.54, 1.807) is 4.90 Å². The van der Waals surface area contributed by atoms with Gasteiger partial charge in [0.1, 0.15) is 11.0 Å². The fraction of sp³-hybridized carbons (Fsp3) is 0.654. The first kappa shape index (κ1) is 24.3. The molecule has 2 fully saturated rings. The molecule has 1 aliphatic heterocycles. The number of rotatable bonds is 5. The van der Waals surface area contributed by atoms with E-state index in [9.17, 15) is 14.4 Å². The highest BCUT2D eigenvalue weighted by molar-refractivity contribution is 6.10. The molecular formula is C26H38N2O4. The molecule has 1 aromatic rings. The number of hydrogen-bond acceptors (Lipinski definition) is 4. The van der Waals surface area contributed by atoms with Gasteiger partial charge in [0.05, 0.1) is 6.04 Å². The van der Waals surface area contributed by atoms with Crippen LogP contribution in [0.2, 0.25) is 0 Å². The number of benzene rings is 1. The lowest BCUT2D eigenvalue weighted by atomic mass is 9.59. The Bertz CT molecular complexity index is 830. The normalized spacial score (nSPS) is 26.1. The smallest absolute Gasteiger partial charge is 0.410 e. The zero-order chi connectivity index (χ0) is 23.5. The lowest BCUT2D eigenvalue weighted by Gasteiger charge is -2.44. The van der Waals surface area contributed by atoms with Crippen molar-refractivity contribution in [1.29, 1.82) is 0 Å². The number of nitrogens with zero attached hydrogens (tertiary/aromatic N) is 1. The molecule has 1 heterocycles. The minimum absolute atomic E-state index is 0.0731. The number of nitrogens with one attached hydrogen (secondary N) is 1. The van der Waals surface area contributed by atoms with Gasteiger partial charge in [0, 0.05) is 18.5 Å². The molecule has 6 nitrogen and oxygen atoms in total. The zero-order valence-corrected chi connectivity index (χ0v) is 20.1. The fourth-order valence-electron chi connectivity index (χ4n) is 5.25. The van der Waals surface area contributed by atoms with Crippen LogP contribution in [0.15, 0.2) is 30.3 Å². The third kappa shape index (κ3) is 5.00. The van der Waals surface area contributed by atoms with Gasteiger partial charge in [0.2, 0.25) is 5.91 Å². The number of amides is 2. The fourth-order valence-corrected chi connectivity index (χ4v) is 5.25. The average molecular weight is 443 g/mol. The first-order valence-electron chi connectivity index (χ1n) is 12.0. The molecule has 1 saturated carbocycles. The third-order valence-corrected chi connectivity index (χ3v) is 6.56. The van der Waals surface area contributed by atoms with Crippen LogP contribution in [0.25, 0.3) is 0 Å². The Labute approximate surface area is 192 Å². The Kier molecular flexibility index (Phi) is 7.31. The molecule has 176 valence electrons. The highest BCUT2D eigenvalue weighted by atomic mass is 16.6. The van der Waals surface area contributed by atoms with Gasteiger partial charge in [-0.3, -0.25) is 14.5 Å². The van der Waals surface area contributed by atoms with Crippen molar-refractivity contribution in [3.63, 3.8) is 0 Å². The molecule has 1 aromatic carbocycles. The van der Waals surface area contributed by atoms with E-state index in [4.69, 9.17) is 4.74 Å². The number of carbonyl (C=O) groups is 3. The van der Waals surface area contributed by atoms with Crippen LogP contribution in [0.3, 0.4) is 0 Å². The molecule has 1 saturated heterocycles. The van der Waals surface area contributed by atoms with Gasteiger partial charge in [-0.05, 0) is 65.9 Å². The summed E-state index contributed by atoms with van der Waals surface area (Å²) in [6.07, 6.45) is 3.90. The Hall–Kier alpha value is -2.37. The van der Waals surface area contributed by atoms with Crippen LogP contribution < -0.4 is 5.32 Å². The van der Waals surface area contributed by atoms with E-state index in [1.165, 1.54) is 0 Å². The second-order valence-electron chi connectivity index (χ2n) is 10.5. The Balaban J connectivity index is 2.02. The van der Waals surface area contributed by atoms with Gasteiger partial charge >= 0.3 is 6.09 Å². The first-order chi connectivity index (χ1) is 15.1. The number of ether oxygens (including phenoxy) is 1. The van der Waals surface area contributed by atoms with Crippen LogP contribution in [-0.4, -0.2) is 46.9 Å². The van der Waals surface area contributed by atoms with Gasteiger partial charge in [-0.15, -0.1) is 0 Å². The van der Waals surface area contributed by atoms with Crippen molar-refractivity contribution in [2.24, 2.45) is 5.41 Å². The Morgan fingerprint density at radius 1 is 1.06 bits per heavy atom. The standard InChI is InChI=1S/C26H38N2O4/c1-18(2)27-23(30)26(16-10-9-14-20(26)19-12-7-6-8-13-19)22(29)21-15-11-17-28(21)24(31)32-25(3,4)5/h6-8,12-13,18,20-21H,9-11,14-17H2,1-5H3,(H,27,30)/t20-,21-,26-/m0/s1. The second kappa shape index (κ2) is 9.63. The van der Waals surface area contributed by atoms with Crippen molar-refractivity contribution in [1.82, 2.24) is 10.2 Å². The summed E-state index contributed by atoms with van der Waals surface area (Å²) < 4.78 is 5.59. The van der Waals surface area contributed by atoms with E-state index in [0.29, 0.717) is 19.4 Å². The predicted molar refractivity (Wildman–Crippen MR) is 124 cm³/mol. The number of Topliss-reactive ketones (excluding diaryl/α,β-unsaturated/α-hetero) is 1. The number of carbonyl (C=O) groups excluding carboxylic acids is 3. The highest BCUT2D eigenvalue weighted by Gasteiger charge is 2.57. The summed E-state index contributed by atoms with van der Waals surface area (Å²) in [6, 6.07) is 9.19. The van der Waals surface area contributed by atoms with Crippen molar-refractivity contribution >= 4 is 17.8 Å². The molecule has 2 aliphatic rings. The topological polar surface area (TPSA) is 75.7 Å². The largest absolute Gasteiger partial charge is 0.444 e. The Morgan fingerprint density at radius 2 is 1.75 bits per heavy atom. The second-order valence-corrected chi connectivity index (χ2v) is 10.5. The maximum absolute atomic E-state index is 14.3. The maximum Gasteiger partial charge on any atom is 0.410 e. The van der Waals surface area contributed by atoms with E-state index in [0.717, 1.165) is 31.2 Å². The minimum atomic E-state index is -1.18. The summed E-state index contributed by atoms with van der Waals surface area (Å²) in [5.41, 5.74) is -0.808. The molecule has 0 spiro atoms. The molecule has 32 heavy (non-hydrogen) atoms. The van der Waals surface area contributed by atoms with E-state index in [-0.39, 0.29) is 23.7 Å². The van der Waals surface area contributed by atoms with Crippen molar-refractivity contribution in [3.05, 3.63) is 35.9 Å². The molecule has 3 atom stereocenters. The van der Waals surface area contributed by atoms with E-state index in [2.05, 4.69) is 5.32 Å². The molecule has 0 radical (unpaired) electrons. The van der Waals surface area contributed by atoms with Crippen LogP contribution >= 0.6 is 0 Å². The zero-order valence-electron chi connectivity index (χ0n) is 20.1. The molecule has 0 unspecified atom stereocenters. The van der Waals surface area contributed by atoms with Gasteiger partial charge in [-0.1, -0.05) is 43.2 Å². The van der Waals surface area contributed by atoms with Gasteiger partial charge in [0.15, 0.2) is 5.78 Å². The van der Waals surface area contributed by atoms with E-state index >= 15 is 0 Å². The summed E-state index contributed by atoms with van der Waals surface area (Å²) in [5, 5.41) is 3.05. The van der Waals surface area contributed by atoms with E-state index in [1.807, 2.05) is 65.0 Å². The van der Waals surface area contributed by atoms with Crippen molar-refractivity contribution in [2.75, 3.05) is 6.54 Å². The summed E-state index contributed by atoms with van der Waals surface area (Å²) in [4.78, 5) is 42.5. The van der Waals surface area contributed by atoms with Crippen LogP contribution in [0.4, 0.5) is 4.79 Å². The van der Waals surface area contributed by atoms with Crippen LogP contribution in [0, 0.1) is 5.41 Å². The first-order valence-corrected chi connectivity index (χ1v) is 12.0. The Morgan fingerprint density at radius 3 is 2.38 bits per heavy atom. The lowest BCUT2D eigenvalue weighted by Crippen LogP contribution is -2.58. The molecule has 3 rings (SSSR count). The molecule has 1 N–H and O–H groups in total. The summed E-state index contributed by atoms with van der Waals surface area (Å²) in [6.45, 7) is 9.77. The summed E-state index contributed by atoms with van der Waals surface area (Å²) >= 11 is 0. The number of hydrogen-bond donors (Lipinski definition) is 1. The van der Waals surface area contributed by atoms with Crippen LogP contribution in [-0.2, 0) is 14.3 Å². The van der Waals surface area contributed by atoms with Crippen molar-refractivity contribution < 1.29 is 19.1 Å². The van der Waals surface area contributed by atoms with Gasteiger partial charge in [0.25, 0.3) is 0 Å². The van der Waals surface area contributed by atoms with Crippen LogP contribution in [0.5, 0.6) is 0 Å². The maximum atomic E-state index is 14.3. The average Bonchev–Trinajstić information content (AvgIpc) is 3.22. The highest BCUT2D eigenvalue weighted by Crippen LogP contribution is 2.50. The lowest BCUT2D eigenvalue weighted by molar-refractivity contribution is -0.149. The molecular weight excluding hydrogens is 404 g/mol. The SMILES string of the molecule is CC(C)NC(=O)[C@@]1(C(=O)[C@@H]2CCCN2C(=O)OC(C)(C)C)CCCC[C@H]1c1ccccc1. The summed E-state index contributed by atoms with van der Waals surface area (Å²) in [7, 11) is 0. The molecule has 6 heteroatoms. The minimum Gasteiger partial charge on any atom is -0.444 e. The quantitative estimate of drug-likeness (QED) is 0.663. The third-order valence-electron chi connectivity index (χ3n) is 6.56. The molecule has 0 aromatic heterocycles. The monoisotopic (exact) mass is 442 g/mol. The molecule has 1 aliphatic carbocycles.